The van der Waals surface area contributed by atoms with E-state index < -0.39 is 0 Å². The lowest BCUT2D eigenvalue weighted by Crippen LogP contribution is -1.98. The molecule has 0 saturated heterocycles. The van der Waals surface area contributed by atoms with Crippen molar-refractivity contribution in [3.63, 3.8) is 0 Å². The molecule has 0 amide bonds. The van der Waals surface area contributed by atoms with Crippen LogP contribution in [0.5, 0.6) is 0 Å². The third-order valence-electron chi connectivity index (χ3n) is 1.31. The van der Waals surface area contributed by atoms with Crippen molar-refractivity contribution in [3.05, 3.63) is 17.8 Å². The first-order valence-electron chi connectivity index (χ1n) is 3.74. The molecule has 0 spiro atoms. The smallest absolute Gasteiger partial charge is 0.119 e. The predicted molar refractivity (Wildman–Crippen MR) is 52.8 cm³/mol. The van der Waals surface area contributed by atoms with Crippen molar-refractivity contribution in [2.75, 3.05) is 5.88 Å². The highest BCUT2D eigenvalue weighted by atomic mass is 35.5. The van der Waals surface area contributed by atoms with Crippen molar-refractivity contribution in [2.45, 2.75) is 24.1 Å². The van der Waals surface area contributed by atoms with Crippen LogP contribution in [-0.4, -0.2) is 21.3 Å². The van der Waals surface area contributed by atoms with E-state index in [4.69, 9.17) is 11.6 Å². The van der Waals surface area contributed by atoms with Gasteiger partial charge < -0.3 is 0 Å². The zero-order chi connectivity index (χ0) is 8.97. The van der Waals surface area contributed by atoms with Gasteiger partial charge in [-0.3, -0.25) is 0 Å². The molecular formula is C8H11ClN2S. The number of aromatic nitrogens is 2. The van der Waals surface area contributed by atoms with Crippen molar-refractivity contribution in [1.29, 1.82) is 0 Å². The van der Waals surface area contributed by atoms with Gasteiger partial charge >= 0.3 is 0 Å². The van der Waals surface area contributed by atoms with E-state index in [1.807, 2.05) is 13.0 Å². The highest BCUT2D eigenvalue weighted by Crippen LogP contribution is 2.21. The average Bonchev–Trinajstić information content (AvgIpc) is 2.04. The van der Waals surface area contributed by atoms with Crippen LogP contribution in [0.15, 0.2) is 17.3 Å². The Balaban J connectivity index is 2.63. The first-order valence-corrected chi connectivity index (χ1v) is 5.15. The molecule has 0 aliphatic heterocycles. The molecule has 1 rings (SSSR count). The maximum atomic E-state index is 5.67. The number of aryl methyl sites for hydroxylation is 1. The molecule has 0 aliphatic rings. The summed E-state index contributed by atoms with van der Waals surface area (Å²) in [6, 6.07) is 2.01. The Morgan fingerprint density at radius 1 is 1.67 bits per heavy atom. The molecule has 0 N–H and O–H groups in total. The van der Waals surface area contributed by atoms with E-state index in [9.17, 15) is 0 Å². The summed E-state index contributed by atoms with van der Waals surface area (Å²) in [5, 5.41) is 9.18. The Morgan fingerprint density at radius 3 is 3.00 bits per heavy atom. The third-order valence-corrected chi connectivity index (χ3v) is 2.96. The van der Waals surface area contributed by atoms with Gasteiger partial charge in [0, 0.05) is 11.1 Å². The highest BCUT2D eigenvalue weighted by Gasteiger charge is 2.03. The van der Waals surface area contributed by atoms with E-state index in [1.165, 1.54) is 0 Å². The fourth-order valence-electron chi connectivity index (χ4n) is 0.733. The predicted octanol–water partition coefficient (Wildman–Crippen LogP) is 2.50. The van der Waals surface area contributed by atoms with Gasteiger partial charge in [0.15, 0.2) is 0 Å². The molecule has 0 aromatic carbocycles. The zero-order valence-corrected chi connectivity index (χ0v) is 8.69. The summed E-state index contributed by atoms with van der Waals surface area (Å²) in [5.74, 6) is 0.639. The van der Waals surface area contributed by atoms with E-state index in [-0.39, 0.29) is 0 Å². The molecule has 1 aromatic heterocycles. The van der Waals surface area contributed by atoms with Crippen molar-refractivity contribution in [1.82, 2.24) is 10.2 Å². The van der Waals surface area contributed by atoms with Crippen molar-refractivity contribution in [2.24, 2.45) is 0 Å². The van der Waals surface area contributed by atoms with Gasteiger partial charge in [0.25, 0.3) is 0 Å². The van der Waals surface area contributed by atoms with E-state index in [0.717, 1.165) is 10.6 Å². The first-order chi connectivity index (χ1) is 5.72. The summed E-state index contributed by atoms with van der Waals surface area (Å²) >= 11 is 7.32. The lowest BCUT2D eigenvalue weighted by atomic mass is 10.4. The summed E-state index contributed by atoms with van der Waals surface area (Å²) < 4.78 is 0. The van der Waals surface area contributed by atoms with E-state index >= 15 is 0 Å². The summed E-state index contributed by atoms with van der Waals surface area (Å²) in [6.45, 7) is 4.08. The standard InChI is InChI=1S/C8H11ClN2S/c1-6-3-8(11-10-5-6)12-7(2)4-9/h3,5,7H,4H2,1-2H3. The van der Waals surface area contributed by atoms with Crippen LogP contribution in [0, 0.1) is 6.92 Å². The maximum absolute atomic E-state index is 5.67. The van der Waals surface area contributed by atoms with Gasteiger partial charge in [-0.2, -0.15) is 5.10 Å². The Kier molecular flexibility index (Phi) is 3.82. The second-order valence-electron chi connectivity index (χ2n) is 2.65. The number of hydrogen-bond acceptors (Lipinski definition) is 3. The van der Waals surface area contributed by atoms with Crippen molar-refractivity contribution in [3.8, 4) is 0 Å². The summed E-state index contributed by atoms with van der Waals surface area (Å²) in [5.41, 5.74) is 1.13. The molecule has 0 radical (unpaired) electrons. The van der Waals surface area contributed by atoms with Crippen LogP contribution in [0.4, 0.5) is 0 Å². The largest absolute Gasteiger partial charge is 0.158 e. The number of rotatable bonds is 3. The molecule has 4 heteroatoms. The molecule has 0 aliphatic carbocycles. The Hall–Kier alpha value is -0.280. The van der Waals surface area contributed by atoms with E-state index in [2.05, 4.69) is 17.1 Å². The molecule has 66 valence electrons. The van der Waals surface area contributed by atoms with Crippen molar-refractivity contribution >= 4 is 23.4 Å². The van der Waals surface area contributed by atoms with Gasteiger partial charge in [0.2, 0.25) is 0 Å². The van der Waals surface area contributed by atoms with Gasteiger partial charge in [-0.05, 0) is 18.6 Å². The van der Waals surface area contributed by atoms with Crippen LogP contribution >= 0.6 is 23.4 Å². The lowest BCUT2D eigenvalue weighted by molar-refractivity contribution is 0.911. The van der Waals surface area contributed by atoms with Gasteiger partial charge in [0.1, 0.15) is 5.03 Å². The SMILES string of the molecule is Cc1cnnc(SC(C)CCl)c1. The van der Waals surface area contributed by atoms with Crippen LogP contribution in [0.1, 0.15) is 12.5 Å². The molecule has 1 unspecified atom stereocenters. The Bertz CT molecular complexity index is 255. The number of alkyl halides is 1. The average molecular weight is 203 g/mol. The second-order valence-corrected chi connectivity index (χ2v) is 4.42. The van der Waals surface area contributed by atoms with Crippen molar-refractivity contribution < 1.29 is 0 Å². The molecule has 1 atom stereocenters. The molecule has 2 nitrogen and oxygen atoms in total. The van der Waals surface area contributed by atoms with Crippen LogP contribution in [0.25, 0.3) is 0 Å². The summed E-state index contributed by atoms with van der Waals surface area (Å²) in [4.78, 5) is 0. The molecule has 12 heavy (non-hydrogen) atoms. The molecule has 0 bridgehead atoms. The number of thioether (sulfide) groups is 1. The normalized spacial score (nSPS) is 12.9. The summed E-state index contributed by atoms with van der Waals surface area (Å²) in [7, 11) is 0. The number of hydrogen-bond donors (Lipinski definition) is 0. The van der Waals surface area contributed by atoms with Crippen LogP contribution < -0.4 is 0 Å². The first kappa shape index (κ1) is 9.81. The molecule has 1 heterocycles. The molecule has 1 aromatic rings. The van der Waals surface area contributed by atoms with Gasteiger partial charge in [-0.1, -0.05) is 6.92 Å². The van der Waals surface area contributed by atoms with Crippen LogP contribution in [0.3, 0.4) is 0 Å². The zero-order valence-electron chi connectivity index (χ0n) is 7.12. The van der Waals surface area contributed by atoms with Gasteiger partial charge in [-0.15, -0.1) is 28.5 Å². The fourth-order valence-corrected chi connectivity index (χ4v) is 1.75. The molecule has 0 saturated carbocycles. The van der Waals surface area contributed by atoms with Gasteiger partial charge in [0.05, 0.1) is 6.20 Å². The quantitative estimate of drug-likeness (QED) is 0.557. The summed E-state index contributed by atoms with van der Waals surface area (Å²) in [6.07, 6.45) is 1.75. The minimum Gasteiger partial charge on any atom is -0.158 e. The Morgan fingerprint density at radius 2 is 2.42 bits per heavy atom. The van der Waals surface area contributed by atoms with E-state index in [0.29, 0.717) is 11.1 Å². The minimum absolute atomic E-state index is 0.391. The monoisotopic (exact) mass is 202 g/mol. The van der Waals surface area contributed by atoms with Gasteiger partial charge in [-0.25, -0.2) is 0 Å². The molecule has 0 fully saturated rings. The Labute approximate surface area is 81.7 Å². The lowest BCUT2D eigenvalue weighted by Gasteiger charge is -2.04. The topological polar surface area (TPSA) is 25.8 Å². The van der Waals surface area contributed by atoms with E-state index in [1.54, 1.807) is 18.0 Å². The minimum atomic E-state index is 0.391. The second kappa shape index (κ2) is 4.67. The molecular weight excluding hydrogens is 192 g/mol. The number of nitrogens with zero attached hydrogens (tertiary/aromatic N) is 2. The highest BCUT2D eigenvalue weighted by molar-refractivity contribution is 7.99. The van der Waals surface area contributed by atoms with Crippen LogP contribution in [0.2, 0.25) is 0 Å². The van der Waals surface area contributed by atoms with Crippen LogP contribution in [-0.2, 0) is 0 Å². The number of halogens is 1. The third kappa shape index (κ3) is 2.99. The fraction of sp³-hybridized carbons (Fsp3) is 0.500. The maximum Gasteiger partial charge on any atom is 0.119 e.